The van der Waals surface area contributed by atoms with E-state index in [1.807, 2.05) is 12.4 Å². The molecule has 0 saturated heterocycles. The molecular weight excluding hydrogens is 302 g/mol. The summed E-state index contributed by atoms with van der Waals surface area (Å²) in [6.45, 7) is 0. The lowest BCUT2D eigenvalue weighted by Crippen LogP contribution is -2.53. The third-order valence-corrected chi connectivity index (χ3v) is 7.33. The first-order chi connectivity index (χ1) is 12.3. The fourth-order valence-corrected chi connectivity index (χ4v) is 6.92. The molecule has 0 aliphatic heterocycles. The highest BCUT2D eigenvalue weighted by Crippen LogP contribution is 2.67. The van der Waals surface area contributed by atoms with Gasteiger partial charge in [0.15, 0.2) is 0 Å². The van der Waals surface area contributed by atoms with Crippen molar-refractivity contribution < 1.29 is 0 Å². The summed E-state index contributed by atoms with van der Waals surface area (Å²) in [5.74, 6) is 1.95. The van der Waals surface area contributed by atoms with E-state index in [1.54, 1.807) is 5.56 Å². The predicted octanol–water partition coefficient (Wildman–Crippen LogP) is 5.95. The van der Waals surface area contributed by atoms with Gasteiger partial charge in [0.25, 0.3) is 0 Å². The molecule has 1 radical (unpaired) electrons. The van der Waals surface area contributed by atoms with Crippen molar-refractivity contribution >= 4 is 0 Å². The molecule has 129 valence electrons. The van der Waals surface area contributed by atoms with Crippen LogP contribution in [0.3, 0.4) is 0 Å². The molecule has 1 aromatic carbocycles. The Morgan fingerprint density at radius 2 is 1.64 bits per heavy atom. The molecule has 0 N–H and O–H groups in total. The molecule has 4 aliphatic rings. The van der Waals surface area contributed by atoms with Gasteiger partial charge in [-0.25, -0.2) is 0 Å². The lowest BCUT2D eigenvalue weighted by molar-refractivity contribution is -0.0760. The van der Waals surface area contributed by atoms with Gasteiger partial charge in [-0.2, -0.15) is 0 Å². The topological polar surface area (TPSA) is 12.9 Å². The smallest absolute Gasteiger partial charge is 0.0270 e. The van der Waals surface area contributed by atoms with E-state index in [-0.39, 0.29) is 0 Å². The molecule has 2 unspecified atom stereocenters. The standard InChI is InChI=1S/C24H28N/c1-2-6-22(7-3-1)24-16-20-13-21(17-24)15-23(14-20,18-24)10-4-5-19-8-11-25-12-9-19/h1-3,5-9,11-12,20-21H,4,10,13-18H2. The summed E-state index contributed by atoms with van der Waals surface area (Å²) >= 11 is 0. The zero-order valence-corrected chi connectivity index (χ0v) is 15.0. The number of rotatable bonds is 5. The van der Waals surface area contributed by atoms with Crippen LogP contribution >= 0.6 is 0 Å². The molecule has 4 saturated carbocycles. The summed E-state index contributed by atoms with van der Waals surface area (Å²) in [5.41, 5.74) is 4.05. The van der Waals surface area contributed by atoms with E-state index in [2.05, 4.69) is 53.9 Å². The van der Waals surface area contributed by atoms with Gasteiger partial charge in [0.05, 0.1) is 0 Å². The molecule has 25 heavy (non-hydrogen) atoms. The van der Waals surface area contributed by atoms with E-state index in [0.29, 0.717) is 10.8 Å². The van der Waals surface area contributed by atoms with Gasteiger partial charge in [-0.15, -0.1) is 0 Å². The van der Waals surface area contributed by atoms with Crippen LogP contribution in [-0.2, 0) is 5.41 Å². The molecule has 4 bridgehead atoms. The fourth-order valence-electron chi connectivity index (χ4n) is 6.92. The van der Waals surface area contributed by atoms with E-state index in [4.69, 9.17) is 0 Å². The third kappa shape index (κ3) is 2.82. The Kier molecular flexibility index (Phi) is 3.73. The molecular formula is C24H28N. The molecule has 0 spiro atoms. The van der Waals surface area contributed by atoms with Crippen molar-refractivity contribution in [2.45, 2.75) is 56.8 Å². The summed E-state index contributed by atoms with van der Waals surface area (Å²) < 4.78 is 0. The minimum Gasteiger partial charge on any atom is -0.265 e. The van der Waals surface area contributed by atoms with Gasteiger partial charge in [0.2, 0.25) is 0 Å². The van der Waals surface area contributed by atoms with Crippen LogP contribution in [0, 0.1) is 23.7 Å². The van der Waals surface area contributed by atoms with Crippen LogP contribution in [0.25, 0.3) is 0 Å². The first-order valence-corrected chi connectivity index (χ1v) is 10.0. The first-order valence-electron chi connectivity index (χ1n) is 10.0. The van der Waals surface area contributed by atoms with E-state index in [9.17, 15) is 0 Å². The van der Waals surface area contributed by atoms with Gasteiger partial charge in [-0.1, -0.05) is 30.3 Å². The molecule has 6 rings (SSSR count). The quantitative estimate of drug-likeness (QED) is 0.660. The van der Waals surface area contributed by atoms with Crippen LogP contribution in [0.1, 0.15) is 62.5 Å². The Morgan fingerprint density at radius 3 is 2.36 bits per heavy atom. The Bertz CT molecular complexity index is 706. The highest BCUT2D eigenvalue weighted by molar-refractivity contribution is 5.30. The Labute approximate surface area is 151 Å². The maximum atomic E-state index is 4.13. The second kappa shape index (κ2) is 5.97. The van der Waals surface area contributed by atoms with Gasteiger partial charge < -0.3 is 0 Å². The highest BCUT2D eigenvalue weighted by atomic mass is 14.6. The summed E-state index contributed by atoms with van der Waals surface area (Å²) in [4.78, 5) is 4.13. The van der Waals surface area contributed by atoms with Crippen LogP contribution in [0.15, 0.2) is 54.9 Å². The maximum absolute atomic E-state index is 4.13. The lowest BCUT2D eigenvalue weighted by atomic mass is 9.42. The number of benzene rings is 1. The summed E-state index contributed by atoms with van der Waals surface area (Å²) in [5, 5.41) is 0. The van der Waals surface area contributed by atoms with Gasteiger partial charge in [-0.3, -0.25) is 4.98 Å². The Balaban J connectivity index is 1.35. The Hall–Kier alpha value is -1.63. The number of pyridine rings is 1. The molecule has 2 atom stereocenters. The SMILES string of the molecule is [CH](CCC12CC3CC(C1)CC(c1ccccc1)(C3)C2)c1ccncc1. The summed E-state index contributed by atoms with van der Waals surface area (Å²) in [6, 6.07) is 15.7. The second-order valence-electron chi connectivity index (χ2n) is 9.13. The largest absolute Gasteiger partial charge is 0.265 e. The van der Waals surface area contributed by atoms with Crippen molar-refractivity contribution in [3.8, 4) is 0 Å². The number of hydrogen-bond acceptors (Lipinski definition) is 1. The number of nitrogens with zero attached hydrogens (tertiary/aromatic N) is 1. The van der Waals surface area contributed by atoms with Crippen LogP contribution in [-0.4, -0.2) is 4.98 Å². The van der Waals surface area contributed by atoms with Gasteiger partial charge in [0.1, 0.15) is 0 Å². The minimum absolute atomic E-state index is 0.488. The third-order valence-electron chi connectivity index (χ3n) is 7.33. The monoisotopic (exact) mass is 330 g/mol. The predicted molar refractivity (Wildman–Crippen MR) is 102 cm³/mol. The minimum atomic E-state index is 0.488. The number of aromatic nitrogens is 1. The van der Waals surface area contributed by atoms with Gasteiger partial charge in [0, 0.05) is 12.4 Å². The van der Waals surface area contributed by atoms with Crippen molar-refractivity contribution in [1.29, 1.82) is 0 Å². The normalized spacial score (nSPS) is 35.8. The zero-order valence-electron chi connectivity index (χ0n) is 15.0. The molecule has 0 amide bonds. The lowest BCUT2D eigenvalue weighted by Gasteiger charge is -2.63. The van der Waals surface area contributed by atoms with Gasteiger partial charge >= 0.3 is 0 Å². The Morgan fingerprint density at radius 1 is 0.920 bits per heavy atom. The fraction of sp³-hybridized carbons (Fsp3) is 0.500. The van der Waals surface area contributed by atoms with Crippen molar-refractivity contribution in [3.63, 3.8) is 0 Å². The highest BCUT2D eigenvalue weighted by Gasteiger charge is 2.57. The van der Waals surface area contributed by atoms with Crippen molar-refractivity contribution in [3.05, 3.63) is 72.4 Å². The number of hydrogen-bond donors (Lipinski definition) is 0. The van der Waals surface area contributed by atoms with Crippen LogP contribution in [0.2, 0.25) is 0 Å². The summed E-state index contributed by atoms with van der Waals surface area (Å²) in [6.07, 6.45) is 17.6. The summed E-state index contributed by atoms with van der Waals surface area (Å²) in [7, 11) is 0. The van der Waals surface area contributed by atoms with E-state index in [1.165, 1.54) is 56.9 Å². The average molecular weight is 330 g/mol. The molecule has 4 aliphatic carbocycles. The molecule has 4 fully saturated rings. The molecule has 1 heterocycles. The average Bonchev–Trinajstić information content (AvgIpc) is 2.62. The van der Waals surface area contributed by atoms with E-state index in [0.717, 1.165) is 11.8 Å². The van der Waals surface area contributed by atoms with Crippen molar-refractivity contribution in [2.24, 2.45) is 17.3 Å². The van der Waals surface area contributed by atoms with Crippen LogP contribution < -0.4 is 0 Å². The molecule has 1 aromatic heterocycles. The molecule has 1 heteroatoms. The molecule has 2 aromatic rings. The van der Waals surface area contributed by atoms with Crippen LogP contribution in [0.4, 0.5) is 0 Å². The first kappa shape index (κ1) is 15.6. The second-order valence-corrected chi connectivity index (χ2v) is 9.13. The zero-order chi connectivity index (χ0) is 16.7. The van der Waals surface area contributed by atoms with Crippen LogP contribution in [0.5, 0.6) is 0 Å². The van der Waals surface area contributed by atoms with Gasteiger partial charge in [-0.05, 0) is 104 Å². The maximum Gasteiger partial charge on any atom is 0.0270 e. The van der Waals surface area contributed by atoms with Crippen molar-refractivity contribution in [1.82, 2.24) is 4.98 Å². The van der Waals surface area contributed by atoms with E-state index >= 15 is 0 Å². The van der Waals surface area contributed by atoms with Crippen molar-refractivity contribution in [2.75, 3.05) is 0 Å². The van der Waals surface area contributed by atoms with E-state index < -0.39 is 0 Å². The molecule has 1 nitrogen and oxygen atoms in total.